The molecule has 0 aliphatic heterocycles. The van der Waals surface area contributed by atoms with Crippen molar-refractivity contribution in [2.45, 2.75) is 12.3 Å². The molecule has 1 aliphatic rings. The van der Waals surface area contributed by atoms with E-state index in [9.17, 15) is 0 Å². The summed E-state index contributed by atoms with van der Waals surface area (Å²) in [6, 6.07) is 84.9. The summed E-state index contributed by atoms with van der Waals surface area (Å²) in [4.78, 5) is 16.4. The van der Waals surface area contributed by atoms with E-state index in [0.29, 0.717) is 17.5 Å². The molecular weight excluding hydrogens is 971 g/mol. The average Bonchev–Trinajstić information content (AvgIpc) is 4.20. The van der Waals surface area contributed by atoms with Gasteiger partial charge in [-0.25, -0.2) is 15.0 Å². The van der Waals surface area contributed by atoms with Crippen LogP contribution in [0.5, 0.6) is 0 Å². The van der Waals surface area contributed by atoms with Crippen LogP contribution in [0.2, 0.25) is 0 Å². The van der Waals surface area contributed by atoms with Gasteiger partial charge >= 0.3 is 0 Å². The number of para-hydroxylation sites is 3. The van der Waals surface area contributed by atoms with Gasteiger partial charge in [-0.2, -0.15) is 0 Å². The summed E-state index contributed by atoms with van der Waals surface area (Å²) in [6.45, 7) is 8.03. The van der Waals surface area contributed by atoms with Crippen molar-refractivity contribution in [2.24, 2.45) is 0 Å². The normalized spacial score (nSPS) is 13.4. The summed E-state index contributed by atoms with van der Waals surface area (Å²) < 4.78 is 4.95. The van der Waals surface area contributed by atoms with Crippen LogP contribution in [0.4, 0.5) is 0 Å². The molecule has 3 aromatic heterocycles. The molecule has 1 unspecified atom stereocenters. The Morgan fingerprint density at radius 1 is 0.412 bits per heavy atom. The van der Waals surface area contributed by atoms with Crippen LogP contribution in [0.25, 0.3) is 128 Å². The summed E-state index contributed by atoms with van der Waals surface area (Å²) in [6.07, 6.45) is 15.4. The fourth-order valence-corrected chi connectivity index (χ4v) is 11.8. The number of nitrogens with zero attached hydrogens (tertiary/aromatic N) is 5. The highest BCUT2D eigenvalue weighted by Crippen LogP contribution is 2.46. The lowest BCUT2D eigenvalue weighted by Gasteiger charge is -2.25. The molecule has 14 rings (SSSR count). The summed E-state index contributed by atoms with van der Waals surface area (Å²) in [5.41, 5.74) is 19.2. The molecule has 3 heterocycles. The molecule has 0 radical (unpaired) electrons. The molecule has 80 heavy (non-hydrogen) atoms. The smallest absolute Gasteiger partial charge is 0.164 e. The maximum Gasteiger partial charge on any atom is 0.164 e. The number of hydrogen-bond acceptors (Lipinski definition) is 3. The van der Waals surface area contributed by atoms with Crippen molar-refractivity contribution in [2.75, 3.05) is 0 Å². The SMILES string of the molecule is C=C/C=C(\C=C)c1ccc(-c2nc(-c3cc(-c4ccccc4)cc(-c4ccccc4)c3)nc(-c3cc(-c4ccccc4)c(-n4c5ccccc5c5cc6c(cc54)c4ccccc4n6-c4ccccc4)c(C4C=CC=CC4)c3)n2)cc1. The number of hydrogen-bond donors (Lipinski definition) is 0. The lowest BCUT2D eigenvalue weighted by Crippen LogP contribution is -2.08. The van der Waals surface area contributed by atoms with Gasteiger partial charge in [0.05, 0.1) is 27.8 Å². The zero-order valence-electron chi connectivity index (χ0n) is 44.0. The third-order valence-corrected chi connectivity index (χ3v) is 15.6. The highest BCUT2D eigenvalue weighted by atomic mass is 15.0. The van der Waals surface area contributed by atoms with Gasteiger partial charge in [0.1, 0.15) is 0 Å². The van der Waals surface area contributed by atoms with Crippen molar-refractivity contribution in [1.29, 1.82) is 0 Å². The second kappa shape index (κ2) is 20.5. The fourth-order valence-electron chi connectivity index (χ4n) is 11.8. The number of allylic oxidation sites excluding steroid dienone is 8. The number of rotatable bonds is 12. The highest BCUT2D eigenvalue weighted by Gasteiger charge is 2.27. The first-order valence-electron chi connectivity index (χ1n) is 27.3. The molecule has 13 aromatic rings. The average molecular weight is 1020 g/mol. The quantitative estimate of drug-likeness (QED) is 0.115. The van der Waals surface area contributed by atoms with Crippen LogP contribution in [0.1, 0.15) is 23.5 Å². The minimum atomic E-state index is 0.0318. The Labute approximate surface area is 465 Å². The summed E-state index contributed by atoms with van der Waals surface area (Å²) in [5.74, 6) is 1.76. The van der Waals surface area contributed by atoms with E-state index in [4.69, 9.17) is 15.0 Å². The zero-order chi connectivity index (χ0) is 53.5. The van der Waals surface area contributed by atoms with E-state index in [-0.39, 0.29) is 5.92 Å². The first kappa shape index (κ1) is 47.9. The molecular formula is C75H53N5. The van der Waals surface area contributed by atoms with Crippen LogP contribution in [0, 0.1) is 0 Å². The maximum atomic E-state index is 5.56. The molecule has 0 fully saturated rings. The molecule has 1 aliphatic carbocycles. The molecule has 5 heteroatoms. The molecule has 5 nitrogen and oxygen atoms in total. The van der Waals surface area contributed by atoms with E-state index in [1.54, 1.807) is 6.08 Å². The van der Waals surface area contributed by atoms with Crippen LogP contribution in [0.15, 0.2) is 292 Å². The predicted molar refractivity (Wildman–Crippen MR) is 335 cm³/mol. The third-order valence-electron chi connectivity index (χ3n) is 15.6. The second-order valence-corrected chi connectivity index (χ2v) is 20.4. The van der Waals surface area contributed by atoms with Crippen molar-refractivity contribution in [3.05, 3.63) is 303 Å². The molecule has 0 bridgehead atoms. The second-order valence-electron chi connectivity index (χ2n) is 20.4. The molecule has 0 amide bonds. The predicted octanol–water partition coefficient (Wildman–Crippen LogP) is 19.4. The molecule has 378 valence electrons. The summed E-state index contributed by atoms with van der Waals surface area (Å²) in [5, 5.41) is 4.78. The van der Waals surface area contributed by atoms with Crippen molar-refractivity contribution in [3.63, 3.8) is 0 Å². The lowest BCUT2D eigenvalue weighted by molar-refractivity contribution is 0.844. The van der Waals surface area contributed by atoms with Gasteiger partial charge < -0.3 is 9.13 Å². The highest BCUT2D eigenvalue weighted by molar-refractivity contribution is 6.19. The summed E-state index contributed by atoms with van der Waals surface area (Å²) >= 11 is 0. The van der Waals surface area contributed by atoms with Crippen LogP contribution < -0.4 is 0 Å². The standard InChI is InChI=1S/C75H53N5/c1-3-24-50(4-2)53-39-41-56(42-40-53)73-76-74(59-44-57(51-25-10-5-11-26-51)43-58(45-59)52-27-12-6-13-28-52)78-75(77-73)60-46-64(54-29-14-7-15-30-54)72(65(47-60)55-31-16-8-17-32-55)80-69-38-23-21-36-63(69)67-48-70-66(49-71(67)80)62-35-20-22-37-68(62)79(70)61-33-18-9-19-34-61/h3-31,33-49,55H,1-2,32H2/b50-24+. The molecule has 0 saturated carbocycles. The Balaban J connectivity index is 1.05. The van der Waals surface area contributed by atoms with Gasteiger partial charge in [0, 0.05) is 55.4 Å². The molecule has 0 N–H and O–H groups in total. The molecule has 0 saturated heterocycles. The first-order chi connectivity index (χ1) is 39.6. The minimum absolute atomic E-state index is 0.0318. The monoisotopic (exact) mass is 1020 g/mol. The van der Waals surface area contributed by atoms with Crippen molar-refractivity contribution < 1.29 is 0 Å². The number of aromatic nitrogens is 5. The van der Waals surface area contributed by atoms with Crippen molar-refractivity contribution in [3.8, 4) is 78.9 Å². The van der Waals surface area contributed by atoms with Gasteiger partial charge in [-0.05, 0) is 118 Å². The van der Waals surface area contributed by atoms with E-state index < -0.39 is 0 Å². The van der Waals surface area contributed by atoms with Crippen LogP contribution in [-0.4, -0.2) is 24.1 Å². The van der Waals surface area contributed by atoms with Gasteiger partial charge in [-0.1, -0.05) is 226 Å². The third kappa shape index (κ3) is 8.58. The molecule has 10 aromatic carbocycles. The largest absolute Gasteiger partial charge is 0.309 e. The van der Waals surface area contributed by atoms with Crippen molar-refractivity contribution in [1.82, 2.24) is 24.1 Å². The van der Waals surface area contributed by atoms with Crippen LogP contribution in [-0.2, 0) is 0 Å². The number of benzene rings is 10. The van der Waals surface area contributed by atoms with Gasteiger partial charge in [0.25, 0.3) is 0 Å². The minimum Gasteiger partial charge on any atom is -0.309 e. The van der Waals surface area contributed by atoms with Gasteiger partial charge in [-0.15, -0.1) is 0 Å². The summed E-state index contributed by atoms with van der Waals surface area (Å²) in [7, 11) is 0. The van der Waals surface area contributed by atoms with E-state index in [0.717, 1.165) is 90.0 Å². The Morgan fingerprint density at radius 3 is 1.48 bits per heavy atom. The Hall–Kier alpha value is -10.5. The van der Waals surface area contributed by atoms with Crippen molar-refractivity contribution >= 4 is 49.2 Å². The van der Waals surface area contributed by atoms with Gasteiger partial charge in [0.2, 0.25) is 0 Å². The Bertz CT molecular complexity index is 4560. The first-order valence-corrected chi connectivity index (χ1v) is 27.3. The van der Waals surface area contributed by atoms with E-state index >= 15 is 0 Å². The van der Waals surface area contributed by atoms with Gasteiger partial charge in [-0.3, -0.25) is 0 Å². The van der Waals surface area contributed by atoms with Gasteiger partial charge in [0.15, 0.2) is 17.5 Å². The number of fused-ring (bicyclic) bond motifs is 6. The Morgan fingerprint density at radius 2 is 0.912 bits per heavy atom. The van der Waals surface area contributed by atoms with Crippen LogP contribution in [0.3, 0.4) is 0 Å². The molecule has 1 atom stereocenters. The fraction of sp³-hybridized carbons (Fsp3) is 0.0267. The lowest BCUT2D eigenvalue weighted by atomic mass is 9.86. The Kier molecular flexibility index (Phi) is 12.3. The van der Waals surface area contributed by atoms with E-state index in [1.165, 1.54) is 38.1 Å². The maximum absolute atomic E-state index is 5.56. The van der Waals surface area contributed by atoms with Crippen LogP contribution >= 0.6 is 0 Å². The van der Waals surface area contributed by atoms with E-state index in [1.807, 2.05) is 12.2 Å². The zero-order valence-corrected chi connectivity index (χ0v) is 44.0. The molecule has 0 spiro atoms. The topological polar surface area (TPSA) is 48.5 Å². The van der Waals surface area contributed by atoms with E-state index in [2.05, 4.69) is 283 Å².